The smallest absolute Gasteiger partial charge is 0.224 e. The second kappa shape index (κ2) is 7.96. The fraction of sp³-hybridized carbons (Fsp3) is 0.130. The molecule has 0 atom stereocenters. The number of benzene rings is 2. The number of carbonyl (C=O) groups is 1. The number of hydrogen-bond acceptors (Lipinski definition) is 4. The maximum absolute atomic E-state index is 12.4. The molecule has 1 amide bonds. The van der Waals surface area contributed by atoms with Crippen LogP contribution in [0.2, 0.25) is 0 Å². The molecule has 2 heterocycles. The number of aromatic nitrogens is 1. The zero-order valence-corrected chi connectivity index (χ0v) is 15.5. The second-order valence-corrected chi connectivity index (χ2v) is 6.42. The Morgan fingerprint density at radius 3 is 2.68 bits per heavy atom. The maximum atomic E-state index is 12.4. The summed E-state index contributed by atoms with van der Waals surface area (Å²) in [4.78, 5) is 16.7. The number of para-hydroxylation sites is 1. The van der Waals surface area contributed by atoms with Crippen LogP contribution in [-0.2, 0) is 11.2 Å². The van der Waals surface area contributed by atoms with E-state index < -0.39 is 0 Å². The average Bonchev–Trinajstić information content (AvgIpc) is 3.22. The van der Waals surface area contributed by atoms with E-state index >= 15 is 0 Å². The third-order valence-corrected chi connectivity index (χ3v) is 4.54. The van der Waals surface area contributed by atoms with Gasteiger partial charge in [0.25, 0.3) is 0 Å². The minimum Gasteiger partial charge on any atom is -0.497 e. The van der Waals surface area contributed by atoms with Gasteiger partial charge in [-0.05, 0) is 48.5 Å². The van der Waals surface area contributed by atoms with Gasteiger partial charge in [-0.3, -0.25) is 9.78 Å². The first-order chi connectivity index (χ1) is 13.7. The van der Waals surface area contributed by atoms with Gasteiger partial charge in [0.15, 0.2) is 0 Å². The summed E-state index contributed by atoms with van der Waals surface area (Å²) < 4.78 is 11.1. The number of rotatable bonds is 6. The number of furan rings is 1. The second-order valence-electron chi connectivity index (χ2n) is 6.42. The van der Waals surface area contributed by atoms with Crippen molar-refractivity contribution in [3.05, 3.63) is 78.7 Å². The van der Waals surface area contributed by atoms with Gasteiger partial charge in [0.2, 0.25) is 5.91 Å². The Hall–Kier alpha value is -3.60. The lowest BCUT2D eigenvalue weighted by atomic mass is 10.1. The number of nitrogens with one attached hydrogen (secondary N) is 1. The van der Waals surface area contributed by atoms with Crippen LogP contribution < -0.4 is 10.1 Å². The summed E-state index contributed by atoms with van der Waals surface area (Å²) in [6, 6.07) is 21.1. The highest BCUT2D eigenvalue weighted by Gasteiger charge is 2.10. The Bertz CT molecular complexity index is 1100. The Morgan fingerprint density at radius 2 is 1.86 bits per heavy atom. The fourth-order valence-electron chi connectivity index (χ4n) is 3.08. The first-order valence-corrected chi connectivity index (χ1v) is 9.10. The largest absolute Gasteiger partial charge is 0.497 e. The number of amides is 1. The summed E-state index contributed by atoms with van der Waals surface area (Å²) in [6.45, 7) is 0. The highest BCUT2D eigenvalue weighted by Crippen LogP contribution is 2.25. The third-order valence-electron chi connectivity index (χ3n) is 4.54. The molecule has 0 aliphatic carbocycles. The molecule has 4 rings (SSSR count). The zero-order chi connectivity index (χ0) is 19.3. The Labute approximate surface area is 163 Å². The third kappa shape index (κ3) is 3.88. The van der Waals surface area contributed by atoms with E-state index in [0.29, 0.717) is 12.8 Å². The molecule has 0 bridgehead atoms. The molecule has 0 fully saturated rings. The predicted molar refractivity (Wildman–Crippen MR) is 109 cm³/mol. The van der Waals surface area contributed by atoms with Crippen LogP contribution >= 0.6 is 0 Å². The number of methoxy groups -OCH3 is 1. The number of carbonyl (C=O) groups excluding carboxylic acids is 1. The molecule has 0 saturated carbocycles. The topological polar surface area (TPSA) is 64.4 Å². The molecule has 5 nitrogen and oxygen atoms in total. The monoisotopic (exact) mass is 372 g/mol. The Morgan fingerprint density at radius 1 is 1.04 bits per heavy atom. The van der Waals surface area contributed by atoms with Gasteiger partial charge in [0.1, 0.15) is 17.3 Å². The van der Waals surface area contributed by atoms with Gasteiger partial charge >= 0.3 is 0 Å². The van der Waals surface area contributed by atoms with Gasteiger partial charge in [-0.15, -0.1) is 0 Å². The van der Waals surface area contributed by atoms with Crippen molar-refractivity contribution in [3.8, 4) is 17.1 Å². The van der Waals surface area contributed by atoms with Crippen molar-refractivity contribution in [1.82, 2.24) is 4.98 Å². The molecule has 0 aliphatic rings. The van der Waals surface area contributed by atoms with E-state index in [1.165, 1.54) is 0 Å². The molecular formula is C23H20N2O3. The number of fused-ring (bicyclic) bond motifs is 1. The van der Waals surface area contributed by atoms with Crippen LogP contribution in [0.3, 0.4) is 0 Å². The standard InChI is InChI=1S/C23H20N2O3/c1-27-18-9-7-16(8-10-18)21-13-11-19(28-21)12-14-22(26)25-20-6-2-4-17-5-3-15-24-23(17)20/h2-11,13,15H,12,14H2,1H3,(H,25,26). The van der Waals surface area contributed by atoms with Crippen LogP contribution in [0, 0.1) is 0 Å². The van der Waals surface area contributed by atoms with Gasteiger partial charge in [0.05, 0.1) is 18.3 Å². The molecule has 1 N–H and O–H groups in total. The van der Waals surface area contributed by atoms with Crippen LogP contribution in [0.25, 0.3) is 22.2 Å². The molecular weight excluding hydrogens is 352 g/mol. The number of hydrogen-bond donors (Lipinski definition) is 1. The normalized spacial score (nSPS) is 10.8. The summed E-state index contributed by atoms with van der Waals surface area (Å²) in [5.74, 6) is 2.28. The Kier molecular flexibility index (Phi) is 5.06. The molecule has 4 aromatic rings. The minimum absolute atomic E-state index is 0.0689. The first kappa shape index (κ1) is 17.8. The quantitative estimate of drug-likeness (QED) is 0.513. The minimum atomic E-state index is -0.0689. The SMILES string of the molecule is COc1ccc(-c2ccc(CCC(=O)Nc3cccc4cccnc34)o2)cc1. The van der Waals surface area contributed by atoms with Gasteiger partial charge in [-0.25, -0.2) is 0 Å². The molecule has 0 aliphatic heterocycles. The van der Waals surface area contributed by atoms with Gasteiger partial charge in [0, 0.05) is 30.0 Å². The number of anilines is 1. The highest BCUT2D eigenvalue weighted by molar-refractivity contribution is 6.00. The van der Waals surface area contributed by atoms with Gasteiger partial charge < -0.3 is 14.5 Å². The van der Waals surface area contributed by atoms with Crippen LogP contribution in [0.1, 0.15) is 12.2 Å². The summed E-state index contributed by atoms with van der Waals surface area (Å²) in [5, 5.41) is 3.95. The molecule has 2 aromatic heterocycles. The number of pyridine rings is 1. The van der Waals surface area contributed by atoms with E-state index in [0.717, 1.165) is 39.4 Å². The van der Waals surface area contributed by atoms with E-state index in [1.807, 2.05) is 66.7 Å². The molecule has 140 valence electrons. The number of nitrogens with zero attached hydrogens (tertiary/aromatic N) is 1. The molecule has 2 aromatic carbocycles. The van der Waals surface area contributed by atoms with Crippen molar-refractivity contribution in [2.24, 2.45) is 0 Å². The summed E-state index contributed by atoms with van der Waals surface area (Å²) in [5.41, 5.74) is 2.48. The van der Waals surface area contributed by atoms with E-state index in [1.54, 1.807) is 13.3 Å². The van der Waals surface area contributed by atoms with E-state index in [2.05, 4.69) is 10.3 Å². The van der Waals surface area contributed by atoms with Gasteiger partial charge in [-0.1, -0.05) is 18.2 Å². The van der Waals surface area contributed by atoms with Gasteiger partial charge in [-0.2, -0.15) is 0 Å². The predicted octanol–water partition coefficient (Wildman–Crippen LogP) is 5.07. The average molecular weight is 372 g/mol. The summed E-state index contributed by atoms with van der Waals surface area (Å²) in [7, 11) is 1.64. The first-order valence-electron chi connectivity index (χ1n) is 9.10. The lowest BCUT2D eigenvalue weighted by Crippen LogP contribution is -2.12. The number of ether oxygens (including phenoxy) is 1. The summed E-state index contributed by atoms with van der Waals surface area (Å²) >= 11 is 0. The van der Waals surface area contributed by atoms with Crippen LogP contribution in [0.4, 0.5) is 5.69 Å². The Balaban J connectivity index is 1.39. The van der Waals surface area contributed by atoms with E-state index in [-0.39, 0.29) is 5.91 Å². The summed E-state index contributed by atoms with van der Waals surface area (Å²) in [6.07, 6.45) is 2.58. The van der Waals surface area contributed by atoms with E-state index in [4.69, 9.17) is 9.15 Å². The van der Waals surface area contributed by atoms with Crippen molar-refractivity contribution < 1.29 is 13.9 Å². The van der Waals surface area contributed by atoms with Crippen molar-refractivity contribution in [1.29, 1.82) is 0 Å². The molecule has 0 radical (unpaired) electrons. The number of aryl methyl sites for hydroxylation is 1. The van der Waals surface area contributed by atoms with Crippen LogP contribution in [-0.4, -0.2) is 18.0 Å². The molecule has 5 heteroatoms. The van der Waals surface area contributed by atoms with E-state index in [9.17, 15) is 4.79 Å². The van der Waals surface area contributed by atoms with Crippen molar-refractivity contribution >= 4 is 22.5 Å². The fourth-order valence-corrected chi connectivity index (χ4v) is 3.08. The maximum Gasteiger partial charge on any atom is 0.224 e. The zero-order valence-electron chi connectivity index (χ0n) is 15.5. The molecule has 0 saturated heterocycles. The van der Waals surface area contributed by atoms with Crippen molar-refractivity contribution in [2.75, 3.05) is 12.4 Å². The lowest BCUT2D eigenvalue weighted by Gasteiger charge is -2.07. The molecule has 0 spiro atoms. The van der Waals surface area contributed by atoms with Crippen molar-refractivity contribution in [3.63, 3.8) is 0 Å². The van der Waals surface area contributed by atoms with Crippen LogP contribution in [0.15, 0.2) is 77.3 Å². The van der Waals surface area contributed by atoms with Crippen LogP contribution in [0.5, 0.6) is 5.75 Å². The highest BCUT2D eigenvalue weighted by atomic mass is 16.5. The molecule has 28 heavy (non-hydrogen) atoms. The van der Waals surface area contributed by atoms with Crippen molar-refractivity contribution in [2.45, 2.75) is 12.8 Å². The molecule has 0 unspecified atom stereocenters. The lowest BCUT2D eigenvalue weighted by molar-refractivity contribution is -0.116.